The molecule has 13 nitrogen and oxygen atoms in total. The minimum atomic E-state index is -0.256. The molecule has 8 rings (SSSR count). The molecule has 0 aliphatic carbocycles. The number of anilines is 2. The Labute approximate surface area is 360 Å². The molecule has 0 spiro atoms. The van der Waals surface area contributed by atoms with E-state index >= 15 is 0 Å². The number of hydrogen-bond donors (Lipinski definition) is 3. The van der Waals surface area contributed by atoms with Gasteiger partial charge in [0.1, 0.15) is 24.2 Å². The number of carbonyl (C=O) groups is 1. The Bertz CT molecular complexity index is 2870. The number of likely N-dealkylation sites (N-methyl/N-ethyl adjacent to an activating group) is 2. The predicted molar refractivity (Wildman–Crippen MR) is 251 cm³/mol. The van der Waals surface area contributed by atoms with Gasteiger partial charge in [0.2, 0.25) is 0 Å². The number of unbranched alkanes of at least 4 members (excludes halogenated alkanes) is 4. The number of carbonyl (C=O) groups excluding carboxylic acids is 1. The van der Waals surface area contributed by atoms with Crippen LogP contribution >= 0.6 is 0 Å². The average Bonchev–Trinajstić information content (AvgIpc) is 3.91. The molecule has 0 unspecified atom stereocenters. The number of phenols is 1. The lowest BCUT2D eigenvalue weighted by Crippen LogP contribution is -2.28. The molecule has 0 saturated heterocycles. The molecular formula is C48H59FN8O5. The van der Waals surface area contributed by atoms with E-state index in [1.165, 1.54) is 18.9 Å². The fourth-order valence-corrected chi connectivity index (χ4v) is 8.32. The first kappa shape index (κ1) is 45.4. The summed E-state index contributed by atoms with van der Waals surface area (Å²) in [7, 11) is 0. The molecule has 4 aromatic carbocycles. The molecular weight excluding hydrogens is 788 g/mol. The predicted octanol–water partition coefficient (Wildman–Crippen LogP) is 8.51. The first-order valence-corrected chi connectivity index (χ1v) is 21.9. The Morgan fingerprint density at radius 2 is 1.16 bits per heavy atom. The van der Waals surface area contributed by atoms with Crippen LogP contribution in [0, 0.1) is 0 Å². The molecule has 8 aromatic rings. The van der Waals surface area contributed by atoms with E-state index in [0.717, 1.165) is 116 Å². The second kappa shape index (κ2) is 20.6. The number of aromatic hydroxyl groups is 1. The molecule has 4 heterocycles. The fourth-order valence-electron chi connectivity index (χ4n) is 8.32. The number of aromatic nitrogens is 4. The van der Waals surface area contributed by atoms with E-state index in [1.807, 2.05) is 39.1 Å². The van der Waals surface area contributed by atoms with Gasteiger partial charge in [-0.15, -0.1) is 0 Å². The van der Waals surface area contributed by atoms with Crippen LogP contribution in [0.3, 0.4) is 0 Å². The standard InChI is InChI=1S/C28H36N4O3.C20H22N4O2.FH/c1-4-7-8-9-10-11-25(33)35-20-12-15-24-21(18-20)28(34)26-22(29-16-17-31(5-2)6-3)13-14-23-27(26)32(24)19-30-23;1-3-23(4-2)10-9-21-15-6-7-16-19-18(15)20(26)14-11-13(25)5-8-17(14)24(19)12-22-16;/h12-15,18-19,29H,4-11,16-17H2,1-3H3;5-8,11-12,21,25H,3-4,9-10H2,1-2H3;1H. The van der Waals surface area contributed by atoms with Crippen LogP contribution in [-0.4, -0.2) is 92.0 Å². The van der Waals surface area contributed by atoms with Crippen LogP contribution in [0.4, 0.5) is 16.1 Å². The zero-order valence-corrected chi connectivity index (χ0v) is 36.5. The molecule has 0 fully saturated rings. The Morgan fingerprint density at radius 1 is 0.661 bits per heavy atom. The number of nitrogens with zero attached hydrogens (tertiary/aromatic N) is 6. The highest BCUT2D eigenvalue weighted by Crippen LogP contribution is 2.31. The lowest BCUT2D eigenvalue weighted by atomic mass is 10.1. The van der Waals surface area contributed by atoms with Gasteiger partial charge in [0.05, 0.1) is 54.6 Å². The SMILES string of the molecule is CCCCCCCC(=O)Oc1ccc2c(c1)c(=O)c1c(NCCN(CC)CC)ccc3ncn2c31.CCN(CC)CCNc1ccc2ncn3c4ccc(O)cc4c(=O)c1c23.F. The van der Waals surface area contributed by atoms with Crippen molar-refractivity contribution >= 4 is 72.0 Å². The van der Waals surface area contributed by atoms with Crippen LogP contribution in [0.25, 0.3) is 54.6 Å². The number of phenolic OH excluding ortho intramolecular Hbond substituents is 1. The summed E-state index contributed by atoms with van der Waals surface area (Å²) in [5, 5.41) is 19.0. The Balaban J connectivity index is 0.000000212. The van der Waals surface area contributed by atoms with Crippen molar-refractivity contribution < 1.29 is 19.3 Å². The van der Waals surface area contributed by atoms with Crippen LogP contribution in [0.5, 0.6) is 11.5 Å². The van der Waals surface area contributed by atoms with Gasteiger partial charge in [0, 0.05) is 44.0 Å². The van der Waals surface area contributed by atoms with E-state index in [4.69, 9.17) is 4.74 Å². The fraction of sp³-hybridized carbons (Fsp3) is 0.396. The van der Waals surface area contributed by atoms with E-state index in [2.05, 4.69) is 65.0 Å². The van der Waals surface area contributed by atoms with Gasteiger partial charge in [0.25, 0.3) is 0 Å². The zero-order chi connectivity index (χ0) is 43.0. The Kier molecular flexibility index (Phi) is 15.1. The van der Waals surface area contributed by atoms with Gasteiger partial charge in [0.15, 0.2) is 10.9 Å². The molecule has 0 atom stereocenters. The highest BCUT2D eigenvalue weighted by molar-refractivity contribution is 6.08. The summed E-state index contributed by atoms with van der Waals surface area (Å²) in [5.74, 6) is 0.236. The zero-order valence-electron chi connectivity index (χ0n) is 36.5. The van der Waals surface area contributed by atoms with Crippen LogP contribution in [0.15, 0.2) is 82.9 Å². The van der Waals surface area contributed by atoms with Crippen molar-refractivity contribution in [1.82, 2.24) is 28.6 Å². The molecule has 14 heteroatoms. The normalized spacial score (nSPS) is 11.7. The van der Waals surface area contributed by atoms with Gasteiger partial charge >= 0.3 is 5.97 Å². The largest absolute Gasteiger partial charge is 0.508 e. The van der Waals surface area contributed by atoms with Crippen molar-refractivity contribution in [2.45, 2.75) is 73.1 Å². The highest BCUT2D eigenvalue weighted by atomic mass is 19.0. The summed E-state index contributed by atoms with van der Waals surface area (Å²) in [6, 6.07) is 17.9. The van der Waals surface area contributed by atoms with Crippen LogP contribution in [0.1, 0.15) is 73.1 Å². The van der Waals surface area contributed by atoms with Crippen LogP contribution < -0.4 is 26.2 Å². The van der Waals surface area contributed by atoms with E-state index in [-0.39, 0.29) is 27.3 Å². The number of rotatable bonds is 19. The molecule has 0 aliphatic rings. The van der Waals surface area contributed by atoms with Crippen molar-refractivity contribution in [2.75, 3.05) is 63.0 Å². The number of benzene rings is 4. The van der Waals surface area contributed by atoms with Crippen molar-refractivity contribution in [2.24, 2.45) is 0 Å². The average molecular weight is 847 g/mol. The molecule has 0 radical (unpaired) electrons. The molecule has 0 amide bonds. The maximum absolute atomic E-state index is 13.7. The number of fused-ring (bicyclic) bond motifs is 4. The number of halogens is 1. The lowest BCUT2D eigenvalue weighted by molar-refractivity contribution is -0.134. The van der Waals surface area contributed by atoms with Gasteiger partial charge in [-0.2, -0.15) is 0 Å². The van der Waals surface area contributed by atoms with E-state index < -0.39 is 0 Å². The van der Waals surface area contributed by atoms with Crippen molar-refractivity contribution in [3.05, 3.63) is 93.8 Å². The maximum atomic E-state index is 13.7. The summed E-state index contributed by atoms with van der Waals surface area (Å²) in [4.78, 5) is 52.8. The second-order valence-electron chi connectivity index (χ2n) is 15.5. The van der Waals surface area contributed by atoms with Gasteiger partial charge in [-0.25, -0.2) is 9.97 Å². The van der Waals surface area contributed by atoms with Gasteiger partial charge < -0.3 is 30.3 Å². The minimum absolute atomic E-state index is 0. The molecule has 4 aromatic heterocycles. The highest BCUT2D eigenvalue weighted by Gasteiger charge is 2.19. The van der Waals surface area contributed by atoms with Crippen molar-refractivity contribution in [1.29, 1.82) is 0 Å². The lowest BCUT2D eigenvalue weighted by Gasteiger charge is -2.19. The van der Waals surface area contributed by atoms with Crippen molar-refractivity contribution in [3.63, 3.8) is 0 Å². The number of hydrogen-bond acceptors (Lipinski definition) is 11. The van der Waals surface area contributed by atoms with Gasteiger partial charge in [-0.05, 0) is 93.3 Å². The molecule has 62 heavy (non-hydrogen) atoms. The third-order valence-corrected chi connectivity index (χ3v) is 11.8. The van der Waals surface area contributed by atoms with Gasteiger partial charge in [-0.1, -0.05) is 60.3 Å². The summed E-state index contributed by atoms with van der Waals surface area (Å²) in [5.41, 5.74) is 6.16. The Morgan fingerprint density at radius 3 is 1.68 bits per heavy atom. The molecule has 0 aliphatic heterocycles. The van der Waals surface area contributed by atoms with E-state index in [1.54, 1.807) is 36.9 Å². The number of esters is 1. The first-order valence-electron chi connectivity index (χ1n) is 21.9. The number of imidazole rings is 2. The third-order valence-electron chi connectivity index (χ3n) is 11.8. The summed E-state index contributed by atoms with van der Waals surface area (Å²) in [6.07, 6.45) is 9.23. The molecule has 0 saturated carbocycles. The van der Waals surface area contributed by atoms with E-state index in [9.17, 15) is 19.5 Å². The van der Waals surface area contributed by atoms with Crippen LogP contribution in [-0.2, 0) is 4.79 Å². The minimum Gasteiger partial charge on any atom is -0.508 e. The summed E-state index contributed by atoms with van der Waals surface area (Å²) < 4.78 is 9.47. The summed E-state index contributed by atoms with van der Waals surface area (Å²) >= 11 is 0. The molecule has 328 valence electrons. The number of pyridine rings is 2. The first-order chi connectivity index (χ1) is 29.7. The quantitative estimate of drug-likeness (QED) is 0.0312. The summed E-state index contributed by atoms with van der Waals surface area (Å²) in [6.45, 7) is 18.0. The number of nitrogens with one attached hydrogen (secondary N) is 2. The van der Waals surface area contributed by atoms with Crippen molar-refractivity contribution in [3.8, 4) is 11.5 Å². The topological polar surface area (TPSA) is 146 Å². The second-order valence-corrected chi connectivity index (χ2v) is 15.5. The Hall–Kier alpha value is -6.12. The van der Waals surface area contributed by atoms with Crippen LogP contribution in [0.2, 0.25) is 0 Å². The smallest absolute Gasteiger partial charge is 0.311 e. The third kappa shape index (κ3) is 9.36. The van der Waals surface area contributed by atoms with E-state index in [0.29, 0.717) is 33.7 Å². The number of ether oxygens (including phenoxy) is 1. The van der Waals surface area contributed by atoms with Gasteiger partial charge in [-0.3, -0.25) is 27.9 Å². The monoisotopic (exact) mass is 846 g/mol. The maximum Gasteiger partial charge on any atom is 0.311 e. The molecule has 3 N–H and O–H groups in total. The molecule has 0 bridgehead atoms.